The van der Waals surface area contributed by atoms with E-state index in [1.165, 1.54) is 21.3 Å². The first-order valence-corrected chi connectivity index (χ1v) is 7.53. The van der Waals surface area contributed by atoms with E-state index in [0.717, 1.165) is 5.56 Å². The molecule has 0 radical (unpaired) electrons. The molecule has 1 aromatic rings. The summed E-state index contributed by atoms with van der Waals surface area (Å²) in [6.45, 7) is 2.09. The van der Waals surface area contributed by atoms with Crippen LogP contribution in [0.4, 0.5) is 0 Å². The Kier molecular flexibility index (Phi) is 8.22. The number of halogens is 1. The van der Waals surface area contributed by atoms with Crippen LogP contribution < -0.4 is 9.47 Å². The maximum Gasteiger partial charge on any atom is 0.313 e. The van der Waals surface area contributed by atoms with Crippen molar-refractivity contribution in [1.82, 2.24) is 0 Å². The maximum atomic E-state index is 12.0. The lowest BCUT2D eigenvalue weighted by molar-refractivity contribution is -0.142. The van der Waals surface area contributed by atoms with Crippen LogP contribution >= 0.6 is 15.9 Å². The fourth-order valence-electron chi connectivity index (χ4n) is 1.94. The summed E-state index contributed by atoms with van der Waals surface area (Å²) < 4.78 is 26.3. The molecule has 0 aromatic heterocycles. The monoisotopic (exact) mass is 376 g/mol. The Hall–Kier alpha value is -1.31. The van der Waals surface area contributed by atoms with Gasteiger partial charge in [0, 0.05) is 20.3 Å². The Bertz CT molecular complexity index is 491. The highest BCUT2D eigenvalue weighted by Crippen LogP contribution is 2.39. The Morgan fingerprint density at radius 1 is 1.14 bits per heavy atom. The maximum absolute atomic E-state index is 12.0. The van der Waals surface area contributed by atoms with Gasteiger partial charge in [0.15, 0.2) is 13.6 Å². The first kappa shape index (κ1) is 18.7. The van der Waals surface area contributed by atoms with Crippen LogP contribution in [0.3, 0.4) is 0 Å². The Morgan fingerprint density at radius 2 is 1.77 bits per heavy atom. The summed E-state index contributed by atoms with van der Waals surface area (Å²) in [5, 5.41) is 0. The van der Waals surface area contributed by atoms with E-state index in [9.17, 15) is 4.79 Å². The van der Waals surface area contributed by atoms with Crippen LogP contribution in [0.2, 0.25) is 0 Å². The van der Waals surface area contributed by atoms with Gasteiger partial charge in [-0.3, -0.25) is 4.79 Å². The van der Waals surface area contributed by atoms with E-state index in [-0.39, 0.29) is 19.6 Å². The minimum Gasteiger partial charge on any atom is -0.469 e. The minimum absolute atomic E-state index is 0.0841. The third-order valence-corrected chi connectivity index (χ3v) is 3.83. The SMILES string of the molecule is CCC(C(=O)OC)c1cc(OCOC)cc(OCOC)c1Br. The Balaban J connectivity index is 3.23. The zero-order valence-corrected chi connectivity index (χ0v) is 14.8. The molecule has 0 aliphatic carbocycles. The molecular weight excluding hydrogens is 356 g/mol. The van der Waals surface area contributed by atoms with Crippen molar-refractivity contribution in [3.05, 3.63) is 22.2 Å². The smallest absolute Gasteiger partial charge is 0.313 e. The normalized spacial score (nSPS) is 11.9. The molecule has 6 nitrogen and oxygen atoms in total. The van der Waals surface area contributed by atoms with Gasteiger partial charge in [-0.15, -0.1) is 0 Å². The number of benzene rings is 1. The molecule has 1 rings (SSSR count). The van der Waals surface area contributed by atoms with E-state index in [1.54, 1.807) is 12.1 Å². The Morgan fingerprint density at radius 3 is 2.32 bits per heavy atom. The molecule has 124 valence electrons. The van der Waals surface area contributed by atoms with Crippen LogP contribution in [0.1, 0.15) is 24.8 Å². The first-order valence-electron chi connectivity index (χ1n) is 6.73. The van der Waals surface area contributed by atoms with Crippen LogP contribution in [0.5, 0.6) is 11.5 Å². The average Bonchev–Trinajstić information content (AvgIpc) is 2.54. The number of carbonyl (C=O) groups excluding carboxylic acids is 1. The topological polar surface area (TPSA) is 63.2 Å². The lowest BCUT2D eigenvalue weighted by Crippen LogP contribution is -2.15. The summed E-state index contributed by atoms with van der Waals surface area (Å²) in [5.74, 6) is 0.321. The van der Waals surface area contributed by atoms with Crippen molar-refractivity contribution in [3.63, 3.8) is 0 Å². The van der Waals surface area contributed by atoms with Gasteiger partial charge in [-0.2, -0.15) is 0 Å². The van der Waals surface area contributed by atoms with Crippen molar-refractivity contribution in [1.29, 1.82) is 0 Å². The van der Waals surface area contributed by atoms with E-state index < -0.39 is 5.92 Å². The lowest BCUT2D eigenvalue weighted by atomic mass is 9.96. The van der Waals surface area contributed by atoms with Crippen molar-refractivity contribution in [2.75, 3.05) is 34.9 Å². The molecule has 0 heterocycles. The van der Waals surface area contributed by atoms with E-state index in [4.69, 9.17) is 23.7 Å². The van der Waals surface area contributed by atoms with Crippen LogP contribution in [0.25, 0.3) is 0 Å². The molecule has 0 aliphatic rings. The lowest BCUT2D eigenvalue weighted by Gasteiger charge is -2.19. The third-order valence-electron chi connectivity index (χ3n) is 2.99. The van der Waals surface area contributed by atoms with Gasteiger partial charge in [0.05, 0.1) is 17.5 Å². The fraction of sp³-hybridized carbons (Fsp3) is 0.533. The molecular formula is C15H21BrO6. The molecule has 1 atom stereocenters. The summed E-state index contributed by atoms with van der Waals surface area (Å²) in [6.07, 6.45) is 0.586. The largest absolute Gasteiger partial charge is 0.469 e. The summed E-state index contributed by atoms with van der Waals surface area (Å²) in [5.41, 5.74) is 0.731. The molecule has 0 amide bonds. The van der Waals surface area contributed by atoms with Crippen LogP contribution in [0.15, 0.2) is 16.6 Å². The summed E-state index contributed by atoms with van der Waals surface area (Å²) >= 11 is 3.48. The molecule has 0 aliphatic heterocycles. The van der Waals surface area contributed by atoms with E-state index in [1.807, 2.05) is 6.92 Å². The predicted octanol–water partition coefficient (Wildman–Crippen LogP) is 3.08. The number of carbonyl (C=O) groups is 1. The summed E-state index contributed by atoms with van der Waals surface area (Å²) in [6, 6.07) is 3.48. The molecule has 0 fully saturated rings. The highest BCUT2D eigenvalue weighted by Gasteiger charge is 2.25. The number of methoxy groups -OCH3 is 3. The number of hydrogen-bond donors (Lipinski definition) is 0. The highest BCUT2D eigenvalue weighted by atomic mass is 79.9. The van der Waals surface area contributed by atoms with Gasteiger partial charge in [-0.25, -0.2) is 0 Å². The molecule has 1 unspecified atom stereocenters. The van der Waals surface area contributed by atoms with Crippen molar-refractivity contribution < 1.29 is 28.5 Å². The fourth-order valence-corrected chi connectivity index (χ4v) is 2.56. The van der Waals surface area contributed by atoms with Crippen LogP contribution in [0, 0.1) is 0 Å². The standard InChI is InChI=1S/C15H21BrO6/c1-5-11(15(17)20-4)12-6-10(21-8-18-2)7-13(14(12)16)22-9-19-3/h6-7,11H,5,8-9H2,1-4H3. The van der Waals surface area contributed by atoms with Gasteiger partial charge in [-0.05, 0) is 34.0 Å². The molecule has 0 saturated carbocycles. The molecule has 0 spiro atoms. The minimum atomic E-state index is -0.421. The molecule has 22 heavy (non-hydrogen) atoms. The molecule has 0 bridgehead atoms. The van der Waals surface area contributed by atoms with Gasteiger partial charge >= 0.3 is 5.97 Å². The number of rotatable bonds is 9. The van der Waals surface area contributed by atoms with Crippen LogP contribution in [-0.2, 0) is 19.0 Å². The van der Waals surface area contributed by atoms with Crippen LogP contribution in [-0.4, -0.2) is 40.9 Å². The van der Waals surface area contributed by atoms with Crippen molar-refractivity contribution in [2.45, 2.75) is 19.3 Å². The second-order valence-corrected chi connectivity index (χ2v) is 5.20. The highest BCUT2D eigenvalue weighted by molar-refractivity contribution is 9.10. The quantitative estimate of drug-likeness (QED) is 0.487. The second-order valence-electron chi connectivity index (χ2n) is 4.41. The van der Waals surface area contributed by atoms with E-state index in [2.05, 4.69) is 15.9 Å². The molecule has 0 saturated heterocycles. The van der Waals surface area contributed by atoms with Gasteiger partial charge in [0.25, 0.3) is 0 Å². The third kappa shape index (κ3) is 4.86. The molecule has 1 aromatic carbocycles. The molecule has 0 N–H and O–H groups in total. The van der Waals surface area contributed by atoms with Crippen molar-refractivity contribution in [2.24, 2.45) is 0 Å². The van der Waals surface area contributed by atoms with Crippen molar-refractivity contribution in [3.8, 4) is 11.5 Å². The molecule has 7 heteroatoms. The van der Waals surface area contributed by atoms with E-state index >= 15 is 0 Å². The number of esters is 1. The van der Waals surface area contributed by atoms with E-state index in [0.29, 0.717) is 22.4 Å². The first-order chi connectivity index (χ1) is 10.6. The predicted molar refractivity (Wildman–Crippen MR) is 84.2 cm³/mol. The zero-order chi connectivity index (χ0) is 16.5. The zero-order valence-electron chi connectivity index (χ0n) is 13.2. The second kappa shape index (κ2) is 9.66. The average molecular weight is 377 g/mol. The number of ether oxygens (including phenoxy) is 5. The van der Waals surface area contributed by atoms with Gasteiger partial charge < -0.3 is 23.7 Å². The summed E-state index contributed by atoms with van der Waals surface area (Å²) in [7, 11) is 4.43. The van der Waals surface area contributed by atoms with Crippen molar-refractivity contribution >= 4 is 21.9 Å². The number of hydrogen-bond acceptors (Lipinski definition) is 6. The van der Waals surface area contributed by atoms with Gasteiger partial charge in [0.2, 0.25) is 0 Å². The van der Waals surface area contributed by atoms with Gasteiger partial charge in [0.1, 0.15) is 11.5 Å². The summed E-state index contributed by atoms with van der Waals surface area (Å²) in [4.78, 5) is 12.0. The Labute approximate surface area is 138 Å². The van der Waals surface area contributed by atoms with Gasteiger partial charge in [-0.1, -0.05) is 6.92 Å².